The molecule has 0 saturated carbocycles. The summed E-state index contributed by atoms with van der Waals surface area (Å²) in [6.07, 6.45) is 4.97. The summed E-state index contributed by atoms with van der Waals surface area (Å²) in [5, 5.41) is 8.12. The van der Waals surface area contributed by atoms with E-state index in [1.165, 1.54) is 6.08 Å². The van der Waals surface area contributed by atoms with Crippen molar-refractivity contribution in [3.8, 4) is 5.69 Å². The van der Waals surface area contributed by atoms with Crippen LogP contribution in [0.1, 0.15) is 33.4 Å². The molecular weight excluding hydrogens is 340 g/mol. The Morgan fingerprint density at radius 2 is 1.84 bits per heavy atom. The van der Waals surface area contributed by atoms with Gasteiger partial charge in [0.05, 0.1) is 23.1 Å². The third kappa shape index (κ3) is 3.52. The number of para-hydroxylation sites is 1. The fourth-order valence-corrected chi connectivity index (χ4v) is 3.03. The van der Waals surface area contributed by atoms with E-state index in [0.717, 1.165) is 10.6 Å². The van der Waals surface area contributed by atoms with Crippen molar-refractivity contribution in [2.45, 2.75) is 43.8 Å². The van der Waals surface area contributed by atoms with Gasteiger partial charge in [0.15, 0.2) is 0 Å². The number of benzene rings is 1. The van der Waals surface area contributed by atoms with Crippen molar-refractivity contribution in [3.63, 3.8) is 0 Å². The van der Waals surface area contributed by atoms with Gasteiger partial charge in [-0.15, -0.1) is 16.9 Å². The second-order valence-electron chi connectivity index (χ2n) is 6.88. The summed E-state index contributed by atoms with van der Waals surface area (Å²) in [6, 6.07) is 7.84. The molecule has 132 valence electrons. The zero-order chi connectivity index (χ0) is 18.2. The predicted molar refractivity (Wildman–Crippen MR) is 98.3 cm³/mol. The highest BCUT2D eigenvalue weighted by Crippen LogP contribution is 2.39. The summed E-state index contributed by atoms with van der Waals surface area (Å²) in [6.45, 7) is 7.54. The van der Waals surface area contributed by atoms with Crippen molar-refractivity contribution in [1.82, 2.24) is 15.0 Å². The molecule has 0 N–H and O–H groups in total. The first-order chi connectivity index (χ1) is 11.7. The normalized spacial score (nSPS) is 19.4. The van der Waals surface area contributed by atoms with Crippen LogP contribution in [0.2, 0.25) is 0 Å². The number of rotatable bonds is 4. The molecule has 1 fully saturated rings. The molecule has 1 aromatic carbocycles. The summed E-state index contributed by atoms with van der Waals surface area (Å²) < 4.78 is 27.6. The van der Waals surface area contributed by atoms with E-state index >= 15 is 0 Å². The smallest absolute Gasteiger partial charge is 0.398 e. The molecule has 0 aliphatic carbocycles. The minimum Gasteiger partial charge on any atom is -0.398 e. The van der Waals surface area contributed by atoms with Crippen LogP contribution in [0, 0.1) is 0 Å². The van der Waals surface area contributed by atoms with E-state index < -0.39 is 24.0 Å². The van der Waals surface area contributed by atoms with Gasteiger partial charge in [-0.1, -0.05) is 17.3 Å². The highest BCUT2D eigenvalue weighted by molar-refractivity contribution is 7.98. The van der Waals surface area contributed by atoms with E-state index in [1.807, 2.05) is 58.2 Å². The lowest BCUT2D eigenvalue weighted by molar-refractivity contribution is 0.00578. The molecule has 2 aromatic rings. The standard InChI is InChI=1S/C17H21BFN3O2S/c1-16(2)17(3,4)24-18(23-16)15(19)10-12-11-22(21-20-12)13-8-6-7-9-14(13)25-5/h6-11H,1-5H3. The molecule has 8 heteroatoms. The van der Waals surface area contributed by atoms with Gasteiger partial charge in [0.25, 0.3) is 0 Å². The number of halogens is 1. The van der Waals surface area contributed by atoms with Crippen molar-refractivity contribution in [1.29, 1.82) is 0 Å². The van der Waals surface area contributed by atoms with E-state index in [4.69, 9.17) is 9.31 Å². The van der Waals surface area contributed by atoms with Gasteiger partial charge in [0.1, 0.15) is 11.4 Å². The molecule has 0 bridgehead atoms. The summed E-state index contributed by atoms with van der Waals surface area (Å²) >= 11 is 1.62. The maximum Gasteiger partial charge on any atom is 0.525 e. The van der Waals surface area contributed by atoms with E-state index in [9.17, 15) is 4.39 Å². The molecule has 0 unspecified atom stereocenters. The van der Waals surface area contributed by atoms with Crippen LogP contribution in [0.4, 0.5) is 4.39 Å². The Morgan fingerprint density at radius 3 is 2.48 bits per heavy atom. The Labute approximate surface area is 151 Å². The maximum atomic E-state index is 14.6. The van der Waals surface area contributed by atoms with Crippen LogP contribution >= 0.6 is 11.8 Å². The largest absolute Gasteiger partial charge is 0.525 e. The molecule has 25 heavy (non-hydrogen) atoms. The molecular formula is C17H21BFN3O2S. The molecule has 1 aliphatic heterocycles. The maximum absolute atomic E-state index is 14.6. The zero-order valence-corrected chi connectivity index (χ0v) is 15.8. The topological polar surface area (TPSA) is 49.2 Å². The van der Waals surface area contributed by atoms with Crippen molar-refractivity contribution >= 4 is 25.0 Å². The molecule has 1 aromatic heterocycles. The zero-order valence-electron chi connectivity index (χ0n) is 15.0. The fourth-order valence-electron chi connectivity index (χ4n) is 2.44. The Balaban J connectivity index is 1.83. The molecule has 1 aliphatic rings. The van der Waals surface area contributed by atoms with Crippen LogP contribution in [0.25, 0.3) is 11.8 Å². The SMILES string of the molecule is CSc1ccccc1-n1cc(C=C(F)B2OC(C)(C)C(C)(C)O2)nn1. The van der Waals surface area contributed by atoms with Crippen molar-refractivity contribution < 1.29 is 13.7 Å². The monoisotopic (exact) mass is 361 g/mol. The lowest BCUT2D eigenvalue weighted by atomic mass is 9.87. The Morgan fingerprint density at radius 1 is 1.20 bits per heavy atom. The van der Waals surface area contributed by atoms with Crippen LogP contribution < -0.4 is 0 Å². The first kappa shape index (κ1) is 18.2. The molecule has 1 saturated heterocycles. The van der Waals surface area contributed by atoms with Gasteiger partial charge in [0.2, 0.25) is 0 Å². The number of thioether (sulfide) groups is 1. The van der Waals surface area contributed by atoms with Crippen LogP contribution in [-0.4, -0.2) is 39.6 Å². The molecule has 0 spiro atoms. The molecule has 3 rings (SSSR count). The third-order valence-corrected chi connectivity index (χ3v) is 5.39. The lowest BCUT2D eigenvalue weighted by Crippen LogP contribution is -2.41. The first-order valence-electron chi connectivity index (χ1n) is 8.02. The van der Waals surface area contributed by atoms with Crippen molar-refractivity contribution in [2.24, 2.45) is 0 Å². The number of aromatic nitrogens is 3. The molecule has 0 radical (unpaired) electrons. The molecule has 0 amide bonds. The Bertz CT molecular complexity index is 791. The summed E-state index contributed by atoms with van der Waals surface area (Å²) in [5.74, 6) is 0. The lowest BCUT2D eigenvalue weighted by Gasteiger charge is -2.32. The van der Waals surface area contributed by atoms with Gasteiger partial charge in [-0.2, -0.15) is 0 Å². The van der Waals surface area contributed by atoms with Gasteiger partial charge < -0.3 is 9.31 Å². The second-order valence-corrected chi connectivity index (χ2v) is 7.73. The average Bonchev–Trinajstić information content (AvgIpc) is 3.09. The quantitative estimate of drug-likeness (QED) is 0.610. The third-order valence-electron chi connectivity index (χ3n) is 4.61. The molecule has 5 nitrogen and oxygen atoms in total. The summed E-state index contributed by atoms with van der Waals surface area (Å²) in [5.41, 5.74) is -0.389. The van der Waals surface area contributed by atoms with Gasteiger partial charge in [0, 0.05) is 4.90 Å². The number of nitrogens with zero attached hydrogens (tertiary/aromatic N) is 3. The highest BCUT2D eigenvalue weighted by atomic mass is 32.2. The minimum absolute atomic E-state index is 0.406. The van der Waals surface area contributed by atoms with Crippen molar-refractivity contribution in [3.05, 3.63) is 41.9 Å². The van der Waals surface area contributed by atoms with E-state index in [1.54, 1.807) is 22.6 Å². The van der Waals surface area contributed by atoms with Gasteiger partial charge in [-0.3, -0.25) is 0 Å². The Kier molecular flexibility index (Phi) is 4.79. The van der Waals surface area contributed by atoms with E-state index in [0.29, 0.717) is 5.69 Å². The van der Waals surface area contributed by atoms with E-state index in [2.05, 4.69) is 10.3 Å². The van der Waals surface area contributed by atoms with Gasteiger partial charge in [-0.25, -0.2) is 9.07 Å². The summed E-state index contributed by atoms with van der Waals surface area (Å²) in [7, 11) is -1.03. The first-order valence-corrected chi connectivity index (χ1v) is 9.24. The molecule has 0 atom stereocenters. The number of hydrogen-bond acceptors (Lipinski definition) is 5. The highest BCUT2D eigenvalue weighted by Gasteiger charge is 2.53. The van der Waals surface area contributed by atoms with Crippen LogP contribution in [0.3, 0.4) is 0 Å². The summed E-state index contributed by atoms with van der Waals surface area (Å²) in [4.78, 5) is 1.06. The van der Waals surface area contributed by atoms with Crippen LogP contribution in [0.5, 0.6) is 0 Å². The van der Waals surface area contributed by atoms with E-state index in [-0.39, 0.29) is 0 Å². The van der Waals surface area contributed by atoms with Gasteiger partial charge in [-0.05, 0) is 52.2 Å². The van der Waals surface area contributed by atoms with Crippen LogP contribution in [0.15, 0.2) is 41.1 Å². The average molecular weight is 361 g/mol. The van der Waals surface area contributed by atoms with Crippen LogP contribution in [-0.2, 0) is 9.31 Å². The second kappa shape index (κ2) is 6.59. The van der Waals surface area contributed by atoms with Gasteiger partial charge >= 0.3 is 7.12 Å². The number of hydrogen-bond donors (Lipinski definition) is 0. The van der Waals surface area contributed by atoms with Crippen molar-refractivity contribution in [2.75, 3.05) is 6.26 Å². The minimum atomic E-state index is -1.03. The fraction of sp³-hybridized carbons (Fsp3) is 0.412. The predicted octanol–water partition coefficient (Wildman–Crippen LogP) is 3.93. The Hall–Kier alpha value is -1.64. The molecule has 2 heterocycles.